The molecule has 3 rings (SSSR count). The third-order valence-electron chi connectivity index (χ3n) is 4.29. The molecule has 0 bridgehead atoms. The van der Waals surface area contributed by atoms with Gasteiger partial charge < -0.3 is 5.32 Å². The van der Waals surface area contributed by atoms with Crippen molar-refractivity contribution in [3.63, 3.8) is 0 Å². The molecule has 29 heavy (non-hydrogen) atoms. The van der Waals surface area contributed by atoms with Crippen LogP contribution >= 0.6 is 23.1 Å². The van der Waals surface area contributed by atoms with Gasteiger partial charge in [0.05, 0.1) is 20.9 Å². The van der Waals surface area contributed by atoms with Crippen molar-refractivity contribution in [2.75, 3.05) is 24.2 Å². The largest absolute Gasteiger partial charge is 0.301 e. The van der Waals surface area contributed by atoms with E-state index in [9.17, 15) is 13.2 Å². The van der Waals surface area contributed by atoms with Gasteiger partial charge in [-0.15, -0.1) is 11.8 Å². The highest BCUT2D eigenvalue weighted by Crippen LogP contribution is 2.29. The first-order chi connectivity index (χ1) is 13.9. The molecule has 0 fully saturated rings. The minimum Gasteiger partial charge on any atom is -0.301 e. The summed E-state index contributed by atoms with van der Waals surface area (Å²) >= 11 is 2.81. The van der Waals surface area contributed by atoms with E-state index in [0.29, 0.717) is 29.5 Å². The number of nitrogens with zero attached hydrogens (tertiary/aromatic N) is 2. The molecule has 0 spiro atoms. The molecule has 1 N–H and O–H groups in total. The zero-order valence-corrected chi connectivity index (χ0v) is 18.7. The van der Waals surface area contributed by atoms with Crippen LogP contribution in [0.1, 0.15) is 19.4 Å². The maximum Gasteiger partial charge on any atom is 0.243 e. The number of amides is 1. The van der Waals surface area contributed by atoms with E-state index in [1.165, 1.54) is 33.0 Å². The number of nitrogens with one attached hydrogen (secondary N) is 1. The molecule has 1 aromatic heterocycles. The van der Waals surface area contributed by atoms with Gasteiger partial charge in [0.25, 0.3) is 0 Å². The normalized spacial score (nSPS) is 11.8. The fraction of sp³-hybridized carbons (Fsp3) is 0.300. The molecule has 0 aliphatic heterocycles. The minimum atomic E-state index is -3.52. The Balaban J connectivity index is 1.66. The van der Waals surface area contributed by atoms with Crippen LogP contribution in [0, 0.1) is 0 Å². The number of hydrogen-bond donors (Lipinski definition) is 1. The molecule has 1 heterocycles. The van der Waals surface area contributed by atoms with Crippen LogP contribution in [-0.4, -0.2) is 42.5 Å². The topological polar surface area (TPSA) is 79.4 Å². The Kier molecular flexibility index (Phi) is 7.28. The minimum absolute atomic E-state index is 0.124. The molecule has 0 radical (unpaired) electrons. The number of thioether (sulfide) groups is 1. The molecule has 0 saturated heterocycles. The van der Waals surface area contributed by atoms with Crippen molar-refractivity contribution in [3.8, 4) is 0 Å². The van der Waals surface area contributed by atoms with Crippen molar-refractivity contribution in [2.24, 2.45) is 0 Å². The van der Waals surface area contributed by atoms with Gasteiger partial charge in [-0.25, -0.2) is 13.4 Å². The number of thiazole rings is 1. The van der Waals surface area contributed by atoms with Gasteiger partial charge in [0.15, 0.2) is 5.13 Å². The van der Waals surface area contributed by atoms with E-state index in [-0.39, 0.29) is 10.8 Å². The first kappa shape index (κ1) is 21.8. The number of aromatic nitrogens is 1. The molecule has 2 aromatic carbocycles. The standard InChI is InChI=1S/C20H23N3O3S3/c1-3-23(4-2)29(25,26)16-10-11-17-18(12-16)28-20(21-17)22-19(24)14-27-13-15-8-6-5-7-9-15/h5-12H,3-4,13-14H2,1-2H3,(H,21,22,24). The molecular formula is C20H23N3O3S3. The summed E-state index contributed by atoms with van der Waals surface area (Å²) in [4.78, 5) is 16.8. The van der Waals surface area contributed by atoms with Crippen molar-refractivity contribution in [1.29, 1.82) is 0 Å². The molecule has 9 heteroatoms. The van der Waals surface area contributed by atoms with Crippen LogP contribution in [-0.2, 0) is 20.6 Å². The molecule has 0 unspecified atom stereocenters. The third-order valence-corrected chi connectivity index (χ3v) is 8.28. The Labute approximate surface area is 179 Å². The smallest absolute Gasteiger partial charge is 0.243 e. The van der Waals surface area contributed by atoms with E-state index in [4.69, 9.17) is 0 Å². The molecule has 6 nitrogen and oxygen atoms in total. The lowest BCUT2D eigenvalue weighted by Crippen LogP contribution is -2.30. The molecule has 1 amide bonds. The molecule has 0 atom stereocenters. The summed E-state index contributed by atoms with van der Waals surface area (Å²) in [7, 11) is -3.52. The summed E-state index contributed by atoms with van der Waals surface area (Å²) in [5.41, 5.74) is 1.84. The van der Waals surface area contributed by atoms with E-state index in [0.717, 1.165) is 10.5 Å². The maximum atomic E-state index is 12.7. The van der Waals surface area contributed by atoms with Crippen molar-refractivity contribution >= 4 is 54.4 Å². The van der Waals surface area contributed by atoms with Gasteiger partial charge in [0, 0.05) is 18.8 Å². The Morgan fingerprint density at radius 2 is 1.86 bits per heavy atom. The second kappa shape index (κ2) is 9.71. The highest BCUT2D eigenvalue weighted by molar-refractivity contribution is 7.99. The summed E-state index contributed by atoms with van der Waals surface area (Å²) in [6.07, 6.45) is 0. The lowest BCUT2D eigenvalue weighted by atomic mass is 10.2. The van der Waals surface area contributed by atoms with Gasteiger partial charge >= 0.3 is 0 Å². The van der Waals surface area contributed by atoms with Crippen LogP contribution in [0.15, 0.2) is 53.4 Å². The van der Waals surface area contributed by atoms with Crippen LogP contribution in [0.5, 0.6) is 0 Å². The van der Waals surface area contributed by atoms with Crippen molar-refractivity contribution in [1.82, 2.24) is 9.29 Å². The predicted molar refractivity (Wildman–Crippen MR) is 121 cm³/mol. The van der Waals surface area contributed by atoms with Crippen LogP contribution in [0.25, 0.3) is 10.2 Å². The summed E-state index contributed by atoms with van der Waals surface area (Å²) < 4.78 is 27.5. The molecule has 154 valence electrons. The molecule has 3 aromatic rings. The molecular weight excluding hydrogens is 426 g/mol. The van der Waals surface area contributed by atoms with Gasteiger partial charge in [-0.3, -0.25) is 4.79 Å². The fourth-order valence-corrected chi connectivity index (χ4v) is 6.09. The van der Waals surface area contributed by atoms with Crippen LogP contribution in [0.4, 0.5) is 5.13 Å². The van der Waals surface area contributed by atoms with E-state index >= 15 is 0 Å². The fourth-order valence-electron chi connectivity index (χ4n) is 2.82. The van der Waals surface area contributed by atoms with Gasteiger partial charge in [-0.2, -0.15) is 4.31 Å². The first-order valence-corrected chi connectivity index (χ1v) is 12.7. The zero-order chi connectivity index (χ0) is 20.9. The number of benzene rings is 2. The van der Waals surface area contributed by atoms with Gasteiger partial charge in [0.2, 0.25) is 15.9 Å². The average Bonchev–Trinajstić information content (AvgIpc) is 3.10. The predicted octanol–water partition coefficient (Wildman–Crippen LogP) is 4.20. The highest BCUT2D eigenvalue weighted by atomic mass is 32.2. The van der Waals surface area contributed by atoms with Crippen LogP contribution < -0.4 is 5.32 Å². The SMILES string of the molecule is CCN(CC)S(=O)(=O)c1ccc2nc(NC(=O)CSCc3ccccc3)sc2c1. The summed E-state index contributed by atoms with van der Waals surface area (Å²) in [6, 6.07) is 14.9. The van der Waals surface area contributed by atoms with E-state index in [1.807, 2.05) is 44.2 Å². The third kappa shape index (κ3) is 5.36. The molecule has 0 saturated carbocycles. The summed E-state index contributed by atoms with van der Waals surface area (Å²) in [5, 5.41) is 3.28. The molecule has 0 aliphatic carbocycles. The second-order valence-electron chi connectivity index (χ2n) is 6.26. The lowest BCUT2D eigenvalue weighted by molar-refractivity contribution is -0.113. The number of rotatable bonds is 9. The Morgan fingerprint density at radius 3 is 2.55 bits per heavy atom. The Hall–Kier alpha value is -1.94. The van der Waals surface area contributed by atoms with E-state index in [2.05, 4.69) is 10.3 Å². The molecule has 0 aliphatic rings. The Morgan fingerprint density at radius 1 is 1.14 bits per heavy atom. The number of fused-ring (bicyclic) bond motifs is 1. The average molecular weight is 450 g/mol. The van der Waals surface area contributed by atoms with Gasteiger partial charge in [-0.05, 0) is 23.8 Å². The second-order valence-corrected chi connectivity index (χ2v) is 10.2. The lowest BCUT2D eigenvalue weighted by Gasteiger charge is -2.18. The van der Waals surface area contributed by atoms with Gasteiger partial charge in [-0.1, -0.05) is 55.5 Å². The maximum absolute atomic E-state index is 12.7. The van der Waals surface area contributed by atoms with E-state index in [1.54, 1.807) is 18.2 Å². The number of hydrogen-bond acceptors (Lipinski definition) is 6. The van der Waals surface area contributed by atoms with E-state index < -0.39 is 10.0 Å². The summed E-state index contributed by atoms with van der Waals surface area (Å²) in [5.74, 6) is 0.966. The number of carbonyl (C=O) groups is 1. The highest BCUT2D eigenvalue weighted by Gasteiger charge is 2.22. The van der Waals surface area contributed by atoms with Crippen LogP contribution in [0.2, 0.25) is 0 Å². The number of sulfonamides is 1. The summed E-state index contributed by atoms with van der Waals surface area (Å²) in [6.45, 7) is 4.47. The Bertz CT molecular complexity index is 1080. The van der Waals surface area contributed by atoms with Crippen molar-refractivity contribution in [2.45, 2.75) is 24.5 Å². The monoisotopic (exact) mass is 449 g/mol. The van der Waals surface area contributed by atoms with Crippen LogP contribution in [0.3, 0.4) is 0 Å². The number of anilines is 1. The van der Waals surface area contributed by atoms with Crippen molar-refractivity contribution in [3.05, 3.63) is 54.1 Å². The quantitative estimate of drug-likeness (QED) is 0.530. The van der Waals surface area contributed by atoms with Gasteiger partial charge in [0.1, 0.15) is 0 Å². The zero-order valence-electron chi connectivity index (χ0n) is 16.3. The number of carbonyl (C=O) groups excluding carboxylic acids is 1. The van der Waals surface area contributed by atoms with Crippen molar-refractivity contribution < 1.29 is 13.2 Å². The first-order valence-electron chi connectivity index (χ1n) is 9.26.